The van der Waals surface area contributed by atoms with Crippen molar-refractivity contribution in [1.29, 1.82) is 5.41 Å². The van der Waals surface area contributed by atoms with Crippen molar-refractivity contribution in [3.05, 3.63) is 63.1 Å². The maximum atomic E-state index is 7.67. The average molecular weight is 353 g/mol. The van der Waals surface area contributed by atoms with Gasteiger partial charge in [-0.1, -0.05) is 39.7 Å². The largest absolute Gasteiger partial charge is 0.384 e. The van der Waals surface area contributed by atoms with Crippen LogP contribution in [0.1, 0.15) is 11.1 Å². The van der Waals surface area contributed by atoms with Crippen LogP contribution < -0.4 is 10.6 Å². The van der Waals surface area contributed by atoms with E-state index >= 15 is 0 Å². The van der Waals surface area contributed by atoms with E-state index < -0.39 is 0 Å². The van der Waals surface area contributed by atoms with Crippen molar-refractivity contribution < 1.29 is 0 Å². The minimum absolute atomic E-state index is 0.0652. The highest BCUT2D eigenvalue weighted by atomic mass is 79.9. The standard InChI is InChI=1S/C15H15BrClN3/c1-20(9-10-2-5-12(17)6-3-10)14-8-11(16)4-7-13(14)15(18)19/h2-8H,9H2,1H3,(H3,18,19). The fraction of sp³-hybridized carbons (Fsp3) is 0.133. The number of rotatable bonds is 4. The molecule has 0 saturated carbocycles. The van der Waals surface area contributed by atoms with Gasteiger partial charge in [0, 0.05) is 34.3 Å². The van der Waals surface area contributed by atoms with Crippen LogP contribution in [0.5, 0.6) is 0 Å². The Morgan fingerprint density at radius 3 is 2.50 bits per heavy atom. The van der Waals surface area contributed by atoms with Gasteiger partial charge in [-0.3, -0.25) is 5.41 Å². The normalized spacial score (nSPS) is 10.3. The lowest BCUT2D eigenvalue weighted by atomic mass is 10.1. The zero-order chi connectivity index (χ0) is 14.7. The molecule has 0 fully saturated rings. The van der Waals surface area contributed by atoms with Gasteiger partial charge < -0.3 is 10.6 Å². The second kappa shape index (κ2) is 6.29. The molecule has 0 aliphatic carbocycles. The minimum Gasteiger partial charge on any atom is -0.384 e. The summed E-state index contributed by atoms with van der Waals surface area (Å²) >= 11 is 9.34. The number of nitrogen functional groups attached to an aromatic ring is 1. The number of hydrogen-bond acceptors (Lipinski definition) is 2. The number of amidine groups is 1. The topological polar surface area (TPSA) is 53.1 Å². The maximum absolute atomic E-state index is 7.67. The smallest absolute Gasteiger partial charge is 0.124 e. The van der Waals surface area contributed by atoms with Crippen molar-refractivity contribution >= 4 is 39.1 Å². The Hall–Kier alpha value is -1.52. The van der Waals surface area contributed by atoms with E-state index in [1.807, 2.05) is 49.5 Å². The molecule has 0 aliphatic heterocycles. The van der Waals surface area contributed by atoms with Gasteiger partial charge in [-0.15, -0.1) is 0 Å². The van der Waals surface area contributed by atoms with Gasteiger partial charge in [-0.25, -0.2) is 0 Å². The first-order chi connectivity index (χ1) is 9.47. The van der Waals surface area contributed by atoms with E-state index in [-0.39, 0.29) is 5.84 Å². The predicted octanol–water partition coefficient (Wildman–Crippen LogP) is 4.02. The summed E-state index contributed by atoms with van der Waals surface area (Å²) in [7, 11) is 1.98. The Kier molecular flexibility index (Phi) is 4.68. The molecule has 0 bridgehead atoms. The van der Waals surface area contributed by atoms with Gasteiger partial charge in [0.15, 0.2) is 0 Å². The molecule has 2 rings (SSSR count). The Bertz CT molecular complexity index is 626. The average Bonchev–Trinajstić information content (AvgIpc) is 2.41. The van der Waals surface area contributed by atoms with Gasteiger partial charge in [0.25, 0.3) is 0 Å². The van der Waals surface area contributed by atoms with Gasteiger partial charge in [-0.2, -0.15) is 0 Å². The molecule has 0 atom stereocenters. The van der Waals surface area contributed by atoms with Crippen LogP contribution in [0.3, 0.4) is 0 Å². The molecule has 0 saturated heterocycles. The summed E-state index contributed by atoms with van der Waals surface area (Å²) in [5, 5.41) is 8.39. The van der Waals surface area contributed by atoms with Gasteiger partial charge in [0.1, 0.15) is 5.84 Å². The number of hydrogen-bond donors (Lipinski definition) is 2. The van der Waals surface area contributed by atoms with Crippen molar-refractivity contribution in [2.45, 2.75) is 6.54 Å². The number of nitrogens with one attached hydrogen (secondary N) is 1. The Morgan fingerprint density at radius 2 is 1.90 bits per heavy atom. The van der Waals surface area contributed by atoms with Crippen LogP contribution in [-0.4, -0.2) is 12.9 Å². The maximum Gasteiger partial charge on any atom is 0.124 e. The molecule has 20 heavy (non-hydrogen) atoms. The molecule has 0 amide bonds. The third kappa shape index (κ3) is 3.52. The summed E-state index contributed by atoms with van der Waals surface area (Å²) in [4.78, 5) is 2.06. The molecule has 0 aliphatic rings. The lowest BCUT2D eigenvalue weighted by Crippen LogP contribution is -2.22. The SMILES string of the molecule is CN(Cc1ccc(Cl)cc1)c1cc(Br)ccc1C(=N)N. The van der Waals surface area contributed by atoms with E-state index in [4.69, 9.17) is 22.7 Å². The number of halogens is 2. The van der Waals surface area contributed by atoms with E-state index in [1.165, 1.54) is 0 Å². The van der Waals surface area contributed by atoms with Crippen molar-refractivity contribution in [1.82, 2.24) is 0 Å². The van der Waals surface area contributed by atoms with E-state index in [2.05, 4.69) is 20.8 Å². The molecule has 5 heteroatoms. The molecule has 2 aromatic rings. The second-order valence-corrected chi connectivity index (χ2v) is 5.91. The van der Waals surface area contributed by atoms with Crippen molar-refractivity contribution in [2.24, 2.45) is 5.73 Å². The van der Waals surface area contributed by atoms with Crippen molar-refractivity contribution in [3.63, 3.8) is 0 Å². The van der Waals surface area contributed by atoms with Crippen molar-refractivity contribution in [3.8, 4) is 0 Å². The summed E-state index contributed by atoms with van der Waals surface area (Å²) in [5.41, 5.74) is 8.43. The van der Waals surface area contributed by atoms with E-state index in [9.17, 15) is 0 Å². The van der Waals surface area contributed by atoms with Crippen LogP contribution in [-0.2, 0) is 6.54 Å². The molecule has 0 heterocycles. The highest BCUT2D eigenvalue weighted by Crippen LogP contribution is 2.25. The van der Waals surface area contributed by atoms with Crippen LogP contribution in [0.15, 0.2) is 46.9 Å². The van der Waals surface area contributed by atoms with E-state index in [0.717, 1.165) is 26.3 Å². The first-order valence-electron chi connectivity index (χ1n) is 6.07. The second-order valence-electron chi connectivity index (χ2n) is 4.56. The summed E-state index contributed by atoms with van der Waals surface area (Å²) in [6.07, 6.45) is 0. The molecule has 3 N–H and O–H groups in total. The summed E-state index contributed by atoms with van der Waals surface area (Å²) in [6.45, 7) is 0.716. The van der Waals surface area contributed by atoms with Crippen LogP contribution in [0.4, 0.5) is 5.69 Å². The van der Waals surface area contributed by atoms with Crippen LogP contribution in [0, 0.1) is 5.41 Å². The lowest BCUT2D eigenvalue weighted by Gasteiger charge is -2.22. The number of nitrogens with two attached hydrogens (primary N) is 1. The van der Waals surface area contributed by atoms with Gasteiger partial charge in [0.2, 0.25) is 0 Å². The summed E-state index contributed by atoms with van der Waals surface area (Å²) in [5.74, 6) is 0.0652. The fourth-order valence-corrected chi connectivity index (χ4v) is 2.47. The Morgan fingerprint density at radius 1 is 1.25 bits per heavy atom. The molecule has 0 spiro atoms. The molecular weight excluding hydrogens is 338 g/mol. The first kappa shape index (κ1) is 14.9. The molecule has 0 unspecified atom stereocenters. The summed E-state index contributed by atoms with van der Waals surface area (Å²) in [6, 6.07) is 13.4. The molecule has 0 radical (unpaired) electrons. The predicted molar refractivity (Wildman–Crippen MR) is 88.7 cm³/mol. The van der Waals surface area contributed by atoms with E-state index in [1.54, 1.807) is 0 Å². The quantitative estimate of drug-likeness (QED) is 0.645. The fourth-order valence-electron chi connectivity index (χ4n) is 2.00. The van der Waals surface area contributed by atoms with Crippen LogP contribution >= 0.6 is 27.5 Å². The number of benzene rings is 2. The molecule has 104 valence electrons. The Balaban J connectivity index is 2.28. The number of nitrogens with zero attached hydrogens (tertiary/aromatic N) is 1. The zero-order valence-electron chi connectivity index (χ0n) is 11.0. The molecular formula is C15H15BrClN3. The first-order valence-corrected chi connectivity index (χ1v) is 7.24. The molecule has 0 aromatic heterocycles. The lowest BCUT2D eigenvalue weighted by molar-refractivity contribution is 0.920. The van der Waals surface area contributed by atoms with E-state index in [0.29, 0.717) is 6.54 Å². The molecule has 2 aromatic carbocycles. The monoisotopic (exact) mass is 351 g/mol. The highest BCUT2D eigenvalue weighted by molar-refractivity contribution is 9.10. The third-order valence-corrected chi connectivity index (χ3v) is 3.74. The molecule has 3 nitrogen and oxygen atoms in total. The van der Waals surface area contributed by atoms with Gasteiger partial charge in [0.05, 0.1) is 0 Å². The van der Waals surface area contributed by atoms with Crippen LogP contribution in [0.2, 0.25) is 5.02 Å². The van der Waals surface area contributed by atoms with Crippen LogP contribution in [0.25, 0.3) is 0 Å². The Labute approximate surface area is 132 Å². The third-order valence-electron chi connectivity index (χ3n) is 2.99. The zero-order valence-corrected chi connectivity index (χ0v) is 13.4. The number of anilines is 1. The summed E-state index contributed by atoms with van der Waals surface area (Å²) < 4.78 is 0.959. The van der Waals surface area contributed by atoms with Gasteiger partial charge in [-0.05, 0) is 35.9 Å². The van der Waals surface area contributed by atoms with Gasteiger partial charge >= 0.3 is 0 Å². The van der Waals surface area contributed by atoms with Crippen molar-refractivity contribution in [2.75, 3.05) is 11.9 Å². The minimum atomic E-state index is 0.0652. The highest BCUT2D eigenvalue weighted by Gasteiger charge is 2.11.